The molecule has 2 aliphatic rings. The number of hydrogen-bond acceptors (Lipinski definition) is 4. The predicted molar refractivity (Wildman–Crippen MR) is 81.1 cm³/mol. The van der Waals surface area contributed by atoms with Crippen LogP contribution in [0.15, 0.2) is 16.9 Å². The third kappa shape index (κ3) is 3.63. The topological polar surface area (TPSA) is 48.6 Å². The summed E-state index contributed by atoms with van der Waals surface area (Å²) in [4.78, 5) is 17.8. The van der Waals surface area contributed by atoms with Crippen molar-refractivity contribution in [3.05, 3.63) is 22.5 Å². The van der Waals surface area contributed by atoms with Crippen molar-refractivity contribution in [2.75, 3.05) is 42.6 Å². The lowest BCUT2D eigenvalue weighted by molar-refractivity contribution is -0.152. The van der Waals surface area contributed by atoms with Crippen LogP contribution in [0.25, 0.3) is 0 Å². The van der Waals surface area contributed by atoms with Gasteiger partial charge in [-0.15, -0.1) is 0 Å². The van der Waals surface area contributed by atoms with Crippen molar-refractivity contribution < 1.29 is 17.9 Å². The number of nitrogens with one attached hydrogen (secondary N) is 1. The van der Waals surface area contributed by atoms with Crippen molar-refractivity contribution in [2.24, 2.45) is 0 Å². The van der Waals surface area contributed by atoms with Gasteiger partial charge in [-0.2, -0.15) is 13.2 Å². The molecule has 128 valence electrons. The average molecular weight is 331 g/mol. The third-order valence-electron chi connectivity index (χ3n) is 4.38. The van der Waals surface area contributed by atoms with E-state index in [1.165, 1.54) is 11.0 Å². The number of rotatable bonds is 2. The molecule has 0 bridgehead atoms. The fraction of sp³-hybridized carbons (Fsp3) is 0.667. The first-order valence-electron chi connectivity index (χ1n) is 7.85. The van der Waals surface area contributed by atoms with Crippen LogP contribution in [0.4, 0.5) is 24.7 Å². The minimum Gasteiger partial charge on any atom is -0.378 e. The van der Waals surface area contributed by atoms with E-state index < -0.39 is 12.2 Å². The molecule has 0 aliphatic carbocycles. The van der Waals surface area contributed by atoms with Crippen LogP contribution >= 0.6 is 0 Å². The number of anilines is 2. The first-order chi connectivity index (χ1) is 10.9. The highest BCUT2D eigenvalue weighted by atomic mass is 19.4. The summed E-state index contributed by atoms with van der Waals surface area (Å²) in [5.74, 6) is 0.251. The second-order valence-electron chi connectivity index (χ2n) is 5.93. The molecule has 23 heavy (non-hydrogen) atoms. The van der Waals surface area contributed by atoms with Crippen molar-refractivity contribution in [3.8, 4) is 0 Å². The number of hydrogen-bond donors (Lipinski definition) is 1. The lowest BCUT2D eigenvalue weighted by Gasteiger charge is -2.38. The summed E-state index contributed by atoms with van der Waals surface area (Å²) in [7, 11) is 0. The highest BCUT2D eigenvalue weighted by molar-refractivity contribution is 5.56. The largest absolute Gasteiger partial charge is 0.408 e. The summed E-state index contributed by atoms with van der Waals surface area (Å²) >= 11 is 0. The molecule has 1 atom stereocenters. The molecular formula is C15H20F3N3O2. The lowest BCUT2D eigenvalue weighted by atomic mass is 10.0. The zero-order valence-corrected chi connectivity index (χ0v) is 12.7. The zero-order valence-electron chi connectivity index (χ0n) is 12.7. The minimum absolute atomic E-state index is 0.0628. The molecule has 3 heterocycles. The SMILES string of the molecule is O=c1cc(N2CCOCC2)cc(N2CCCCC2C(F)(F)F)[nH]1. The predicted octanol–water partition coefficient (Wildman–Crippen LogP) is 2.13. The smallest absolute Gasteiger partial charge is 0.378 e. The molecule has 3 rings (SSSR count). The number of nitrogens with zero attached hydrogens (tertiary/aromatic N) is 2. The van der Waals surface area contributed by atoms with Gasteiger partial charge in [-0.3, -0.25) is 4.79 Å². The van der Waals surface area contributed by atoms with E-state index in [0.717, 1.165) is 0 Å². The standard InChI is InChI=1S/C15H20F3N3O2/c16-15(17,18)12-3-1-2-4-21(12)13-9-11(10-14(22)19-13)20-5-7-23-8-6-20/h9-10,12H,1-8H2,(H,19,22). The average Bonchev–Trinajstić information content (AvgIpc) is 2.54. The number of H-pyrrole nitrogens is 1. The Labute approximate surface area is 132 Å². The molecule has 0 amide bonds. The fourth-order valence-electron chi connectivity index (χ4n) is 3.23. The lowest BCUT2D eigenvalue weighted by Crippen LogP contribution is -2.49. The van der Waals surface area contributed by atoms with Crippen LogP contribution in [0.1, 0.15) is 19.3 Å². The Morgan fingerprint density at radius 3 is 2.57 bits per heavy atom. The van der Waals surface area contributed by atoms with Gasteiger partial charge in [0, 0.05) is 37.5 Å². The summed E-state index contributed by atoms with van der Waals surface area (Å²) in [6.07, 6.45) is -3.00. The monoisotopic (exact) mass is 331 g/mol. The Morgan fingerprint density at radius 1 is 1.13 bits per heavy atom. The van der Waals surface area contributed by atoms with Crippen LogP contribution in [0.3, 0.4) is 0 Å². The van der Waals surface area contributed by atoms with Gasteiger partial charge in [0.1, 0.15) is 11.9 Å². The van der Waals surface area contributed by atoms with E-state index in [-0.39, 0.29) is 17.8 Å². The van der Waals surface area contributed by atoms with Crippen LogP contribution < -0.4 is 15.4 Å². The van der Waals surface area contributed by atoms with Gasteiger partial charge < -0.3 is 19.5 Å². The summed E-state index contributed by atoms with van der Waals surface area (Å²) in [5, 5.41) is 0. The first-order valence-corrected chi connectivity index (χ1v) is 7.85. The number of ether oxygens (including phenoxy) is 1. The molecule has 2 aliphatic heterocycles. The quantitative estimate of drug-likeness (QED) is 0.902. The van der Waals surface area contributed by atoms with Gasteiger partial charge in [-0.05, 0) is 19.3 Å². The van der Waals surface area contributed by atoms with Gasteiger partial charge in [-0.1, -0.05) is 0 Å². The highest BCUT2D eigenvalue weighted by Crippen LogP contribution is 2.34. The molecule has 1 N–H and O–H groups in total. The Balaban J connectivity index is 1.91. The Kier molecular flexibility index (Phi) is 4.52. The molecule has 0 radical (unpaired) electrons. The molecule has 2 fully saturated rings. The second-order valence-corrected chi connectivity index (χ2v) is 5.93. The van der Waals surface area contributed by atoms with E-state index in [4.69, 9.17) is 4.74 Å². The van der Waals surface area contributed by atoms with E-state index in [2.05, 4.69) is 4.98 Å². The number of aromatic nitrogens is 1. The summed E-state index contributed by atoms with van der Waals surface area (Å²) in [5.41, 5.74) is 0.272. The molecule has 8 heteroatoms. The van der Waals surface area contributed by atoms with Crippen LogP contribution in [-0.4, -0.2) is 50.1 Å². The molecule has 0 aromatic carbocycles. The van der Waals surface area contributed by atoms with Crippen molar-refractivity contribution >= 4 is 11.5 Å². The molecule has 2 saturated heterocycles. The zero-order chi connectivity index (χ0) is 16.4. The number of pyridine rings is 1. The van der Waals surface area contributed by atoms with Gasteiger partial charge in [0.2, 0.25) is 0 Å². The maximum atomic E-state index is 13.3. The number of alkyl halides is 3. The van der Waals surface area contributed by atoms with Crippen molar-refractivity contribution in [1.29, 1.82) is 0 Å². The normalized spacial score (nSPS) is 23.2. The Hall–Kier alpha value is -1.70. The molecule has 1 unspecified atom stereocenters. The van der Waals surface area contributed by atoms with Crippen molar-refractivity contribution in [1.82, 2.24) is 4.98 Å². The third-order valence-corrected chi connectivity index (χ3v) is 4.38. The van der Waals surface area contributed by atoms with Crippen LogP contribution in [0.5, 0.6) is 0 Å². The van der Waals surface area contributed by atoms with Crippen LogP contribution in [-0.2, 0) is 4.74 Å². The number of morpholine rings is 1. The van der Waals surface area contributed by atoms with E-state index >= 15 is 0 Å². The fourth-order valence-corrected chi connectivity index (χ4v) is 3.23. The molecule has 5 nitrogen and oxygen atoms in total. The number of piperidine rings is 1. The molecule has 0 saturated carbocycles. The maximum Gasteiger partial charge on any atom is 0.408 e. The Bertz CT molecular complexity index is 596. The number of halogens is 3. The van der Waals surface area contributed by atoms with E-state index in [1.807, 2.05) is 4.90 Å². The van der Waals surface area contributed by atoms with Gasteiger partial charge in [0.25, 0.3) is 5.56 Å². The molecule has 1 aromatic heterocycles. The van der Waals surface area contributed by atoms with E-state index in [9.17, 15) is 18.0 Å². The van der Waals surface area contributed by atoms with Gasteiger partial charge in [0.05, 0.1) is 13.2 Å². The number of aromatic amines is 1. The maximum absolute atomic E-state index is 13.3. The van der Waals surface area contributed by atoms with Crippen molar-refractivity contribution in [3.63, 3.8) is 0 Å². The highest BCUT2D eigenvalue weighted by Gasteiger charge is 2.45. The summed E-state index contributed by atoms with van der Waals surface area (Å²) in [6.45, 7) is 2.66. The van der Waals surface area contributed by atoms with Gasteiger partial charge >= 0.3 is 6.18 Å². The van der Waals surface area contributed by atoms with Gasteiger partial charge in [-0.25, -0.2) is 0 Å². The molecule has 0 spiro atoms. The van der Waals surface area contributed by atoms with Crippen LogP contribution in [0, 0.1) is 0 Å². The summed E-state index contributed by atoms with van der Waals surface area (Å²) in [6, 6.07) is 1.55. The Morgan fingerprint density at radius 2 is 1.87 bits per heavy atom. The molecular weight excluding hydrogens is 311 g/mol. The minimum atomic E-state index is -4.30. The van der Waals surface area contributed by atoms with E-state index in [1.54, 1.807) is 6.07 Å². The van der Waals surface area contributed by atoms with E-state index in [0.29, 0.717) is 51.4 Å². The second kappa shape index (κ2) is 6.43. The first kappa shape index (κ1) is 16.2. The molecule has 1 aromatic rings. The van der Waals surface area contributed by atoms with Gasteiger partial charge in [0.15, 0.2) is 0 Å². The van der Waals surface area contributed by atoms with Crippen molar-refractivity contribution in [2.45, 2.75) is 31.5 Å². The van der Waals surface area contributed by atoms with Crippen LogP contribution in [0.2, 0.25) is 0 Å². The summed E-state index contributed by atoms with van der Waals surface area (Å²) < 4.78 is 45.1.